The molecule has 14 heavy (non-hydrogen) atoms. The lowest BCUT2D eigenvalue weighted by Gasteiger charge is -2.18. The standard InChI is InChI=1S/C10H13N3O/c1-13(5-6-14-12)10-4-2-3-9(7-10)8-11/h2-4,7H,5-6,12H2,1H3. The van der Waals surface area contributed by atoms with Crippen LogP contribution in [0.1, 0.15) is 5.56 Å². The lowest BCUT2D eigenvalue weighted by atomic mass is 10.2. The second-order valence-electron chi connectivity index (χ2n) is 2.95. The van der Waals surface area contributed by atoms with E-state index in [0.717, 1.165) is 5.69 Å². The Morgan fingerprint density at radius 3 is 3.00 bits per heavy atom. The van der Waals surface area contributed by atoms with Gasteiger partial charge in [-0.25, -0.2) is 5.90 Å². The van der Waals surface area contributed by atoms with Gasteiger partial charge in [0, 0.05) is 19.3 Å². The van der Waals surface area contributed by atoms with Gasteiger partial charge in [0.05, 0.1) is 18.2 Å². The van der Waals surface area contributed by atoms with E-state index in [0.29, 0.717) is 18.7 Å². The number of benzene rings is 1. The lowest BCUT2D eigenvalue weighted by molar-refractivity contribution is 0.145. The molecule has 0 saturated carbocycles. The van der Waals surface area contributed by atoms with Crippen LogP contribution in [0.4, 0.5) is 5.69 Å². The average molecular weight is 191 g/mol. The lowest BCUT2D eigenvalue weighted by Crippen LogP contribution is -2.23. The third-order valence-electron chi connectivity index (χ3n) is 1.96. The molecule has 0 radical (unpaired) electrons. The molecule has 0 saturated heterocycles. The van der Waals surface area contributed by atoms with E-state index in [9.17, 15) is 0 Å². The summed E-state index contributed by atoms with van der Waals surface area (Å²) in [6, 6.07) is 9.50. The monoisotopic (exact) mass is 191 g/mol. The average Bonchev–Trinajstić information content (AvgIpc) is 2.26. The predicted molar refractivity (Wildman–Crippen MR) is 54.6 cm³/mol. The molecule has 0 fully saturated rings. The SMILES string of the molecule is CN(CCON)c1cccc(C#N)c1. The maximum Gasteiger partial charge on any atom is 0.0992 e. The van der Waals surface area contributed by atoms with Gasteiger partial charge in [-0.3, -0.25) is 0 Å². The summed E-state index contributed by atoms with van der Waals surface area (Å²) < 4.78 is 0. The van der Waals surface area contributed by atoms with Gasteiger partial charge in [-0.2, -0.15) is 5.26 Å². The largest absolute Gasteiger partial charge is 0.372 e. The van der Waals surface area contributed by atoms with Gasteiger partial charge >= 0.3 is 0 Å². The van der Waals surface area contributed by atoms with E-state index in [1.54, 1.807) is 6.07 Å². The summed E-state index contributed by atoms with van der Waals surface area (Å²) in [5.74, 6) is 4.93. The summed E-state index contributed by atoms with van der Waals surface area (Å²) in [6.45, 7) is 1.17. The van der Waals surface area contributed by atoms with Crippen molar-refractivity contribution < 1.29 is 4.84 Å². The Bertz CT molecular complexity index is 332. The van der Waals surface area contributed by atoms with E-state index in [1.165, 1.54) is 0 Å². The predicted octanol–water partition coefficient (Wildman–Crippen LogP) is 0.885. The molecule has 1 aromatic rings. The fourth-order valence-electron chi connectivity index (χ4n) is 1.13. The Hall–Kier alpha value is -1.57. The number of hydrogen-bond donors (Lipinski definition) is 1. The van der Waals surface area contributed by atoms with Crippen molar-refractivity contribution in [1.82, 2.24) is 0 Å². The Balaban J connectivity index is 2.70. The van der Waals surface area contributed by atoms with Crippen molar-refractivity contribution in [1.29, 1.82) is 5.26 Å². The first-order valence-corrected chi connectivity index (χ1v) is 4.31. The van der Waals surface area contributed by atoms with E-state index in [-0.39, 0.29) is 0 Å². The third kappa shape index (κ3) is 2.73. The summed E-state index contributed by atoms with van der Waals surface area (Å²) in [6.07, 6.45) is 0. The van der Waals surface area contributed by atoms with E-state index >= 15 is 0 Å². The van der Waals surface area contributed by atoms with Crippen LogP contribution in [0, 0.1) is 11.3 Å². The zero-order valence-electron chi connectivity index (χ0n) is 8.10. The summed E-state index contributed by atoms with van der Waals surface area (Å²) in [4.78, 5) is 6.46. The molecule has 1 rings (SSSR count). The highest BCUT2D eigenvalue weighted by Crippen LogP contribution is 2.13. The number of anilines is 1. The Morgan fingerprint density at radius 1 is 1.57 bits per heavy atom. The molecule has 0 aliphatic carbocycles. The molecule has 0 heterocycles. The van der Waals surface area contributed by atoms with Crippen LogP contribution in [0.2, 0.25) is 0 Å². The highest BCUT2D eigenvalue weighted by molar-refractivity contribution is 5.50. The molecule has 4 nitrogen and oxygen atoms in total. The molecule has 2 N–H and O–H groups in total. The molecule has 0 unspecified atom stereocenters. The van der Waals surface area contributed by atoms with Crippen molar-refractivity contribution >= 4 is 5.69 Å². The van der Waals surface area contributed by atoms with Crippen LogP contribution in [-0.2, 0) is 4.84 Å². The van der Waals surface area contributed by atoms with Gasteiger partial charge in [0.25, 0.3) is 0 Å². The van der Waals surface area contributed by atoms with Crippen molar-refractivity contribution in [3.05, 3.63) is 29.8 Å². The number of rotatable bonds is 4. The second-order valence-corrected chi connectivity index (χ2v) is 2.95. The number of nitriles is 1. The molecule has 0 aromatic heterocycles. The van der Waals surface area contributed by atoms with Crippen molar-refractivity contribution in [3.8, 4) is 6.07 Å². The van der Waals surface area contributed by atoms with Gasteiger partial charge in [-0.05, 0) is 18.2 Å². The van der Waals surface area contributed by atoms with Gasteiger partial charge in [-0.15, -0.1) is 0 Å². The Labute approximate surface area is 83.5 Å². The van der Waals surface area contributed by atoms with Gasteiger partial charge in [-0.1, -0.05) is 6.07 Å². The van der Waals surface area contributed by atoms with Crippen molar-refractivity contribution in [2.24, 2.45) is 5.90 Å². The van der Waals surface area contributed by atoms with Crippen molar-refractivity contribution in [3.63, 3.8) is 0 Å². The highest BCUT2D eigenvalue weighted by atomic mass is 16.6. The van der Waals surface area contributed by atoms with Crippen molar-refractivity contribution in [2.45, 2.75) is 0 Å². The molecule has 0 aliphatic rings. The minimum atomic E-state index is 0.466. The smallest absolute Gasteiger partial charge is 0.0992 e. The molecule has 0 spiro atoms. The molecular formula is C10H13N3O. The molecule has 0 bridgehead atoms. The van der Waals surface area contributed by atoms with Crippen LogP contribution < -0.4 is 10.8 Å². The fraction of sp³-hybridized carbons (Fsp3) is 0.300. The number of nitrogens with two attached hydrogens (primary N) is 1. The topological polar surface area (TPSA) is 62.3 Å². The first-order chi connectivity index (χ1) is 6.77. The fourth-order valence-corrected chi connectivity index (χ4v) is 1.13. The second kappa shape index (κ2) is 5.22. The van der Waals surface area contributed by atoms with Gasteiger partial charge in [0.1, 0.15) is 0 Å². The normalized spacial score (nSPS) is 9.50. The molecule has 0 aliphatic heterocycles. The zero-order valence-corrected chi connectivity index (χ0v) is 8.10. The van der Waals surface area contributed by atoms with Gasteiger partial charge in [0.2, 0.25) is 0 Å². The zero-order chi connectivity index (χ0) is 10.4. The first kappa shape index (κ1) is 10.5. The van der Waals surface area contributed by atoms with Crippen LogP contribution in [0.15, 0.2) is 24.3 Å². The van der Waals surface area contributed by atoms with Gasteiger partial charge in [0.15, 0.2) is 0 Å². The van der Waals surface area contributed by atoms with Crippen LogP contribution >= 0.6 is 0 Å². The number of likely N-dealkylation sites (N-methyl/N-ethyl adjacent to an activating group) is 1. The Kier molecular flexibility index (Phi) is 3.92. The van der Waals surface area contributed by atoms with E-state index < -0.39 is 0 Å². The van der Waals surface area contributed by atoms with Crippen LogP contribution in [-0.4, -0.2) is 20.2 Å². The van der Waals surface area contributed by atoms with Crippen LogP contribution in [0.3, 0.4) is 0 Å². The van der Waals surface area contributed by atoms with Gasteiger partial charge < -0.3 is 9.74 Å². The molecular weight excluding hydrogens is 178 g/mol. The van der Waals surface area contributed by atoms with Crippen molar-refractivity contribution in [2.75, 3.05) is 25.1 Å². The summed E-state index contributed by atoms with van der Waals surface area (Å²) in [5, 5.41) is 8.71. The maximum absolute atomic E-state index is 8.71. The minimum absolute atomic E-state index is 0.466. The molecule has 4 heteroatoms. The van der Waals surface area contributed by atoms with E-state index in [1.807, 2.05) is 30.1 Å². The van der Waals surface area contributed by atoms with E-state index in [4.69, 9.17) is 11.2 Å². The number of hydrogen-bond acceptors (Lipinski definition) is 4. The molecule has 0 amide bonds. The summed E-state index contributed by atoms with van der Waals surface area (Å²) in [5.41, 5.74) is 1.64. The quantitative estimate of drug-likeness (QED) is 0.718. The minimum Gasteiger partial charge on any atom is -0.372 e. The Morgan fingerprint density at radius 2 is 2.36 bits per heavy atom. The summed E-state index contributed by atoms with van der Waals surface area (Å²) in [7, 11) is 1.93. The third-order valence-corrected chi connectivity index (χ3v) is 1.96. The van der Waals surface area contributed by atoms with Crippen LogP contribution in [0.5, 0.6) is 0 Å². The highest BCUT2D eigenvalue weighted by Gasteiger charge is 2.00. The molecule has 74 valence electrons. The maximum atomic E-state index is 8.71. The molecule has 0 atom stereocenters. The molecule has 1 aromatic carbocycles. The summed E-state index contributed by atoms with van der Waals surface area (Å²) >= 11 is 0. The number of nitrogens with zero attached hydrogens (tertiary/aromatic N) is 2. The van der Waals surface area contributed by atoms with Crippen LogP contribution in [0.25, 0.3) is 0 Å². The van der Waals surface area contributed by atoms with E-state index in [2.05, 4.69) is 10.9 Å². The first-order valence-electron chi connectivity index (χ1n) is 4.31.